The summed E-state index contributed by atoms with van der Waals surface area (Å²) in [6, 6.07) is 15.0. The quantitative estimate of drug-likeness (QED) is 0.621. The molecule has 1 aliphatic heterocycles. The number of ether oxygens (including phenoxy) is 3. The van der Waals surface area contributed by atoms with Crippen LogP contribution in [0.3, 0.4) is 0 Å². The van der Waals surface area contributed by atoms with Crippen LogP contribution in [0, 0.1) is 0 Å². The smallest absolute Gasteiger partial charge is 0.338 e. The van der Waals surface area contributed by atoms with Crippen LogP contribution < -0.4 is 10.1 Å². The van der Waals surface area contributed by atoms with E-state index in [0.29, 0.717) is 18.5 Å². The molecule has 1 fully saturated rings. The second-order valence-electron chi connectivity index (χ2n) is 7.52. The summed E-state index contributed by atoms with van der Waals surface area (Å²) in [5, 5.41) is 2.81. The van der Waals surface area contributed by atoms with Gasteiger partial charge < -0.3 is 19.5 Å². The van der Waals surface area contributed by atoms with Gasteiger partial charge in [-0.15, -0.1) is 0 Å². The molecule has 31 heavy (non-hydrogen) atoms. The Morgan fingerprint density at radius 1 is 1.03 bits per heavy atom. The Balaban J connectivity index is 1.41. The normalized spacial score (nSPS) is 15.2. The van der Waals surface area contributed by atoms with Gasteiger partial charge in [0.05, 0.1) is 25.9 Å². The second-order valence-corrected chi connectivity index (χ2v) is 7.52. The van der Waals surface area contributed by atoms with E-state index in [4.69, 9.17) is 14.2 Å². The first-order valence-corrected chi connectivity index (χ1v) is 10.6. The van der Waals surface area contributed by atoms with E-state index in [1.165, 1.54) is 0 Å². The summed E-state index contributed by atoms with van der Waals surface area (Å²) in [5.74, 6) is -0.0241. The van der Waals surface area contributed by atoms with Gasteiger partial charge in [0.1, 0.15) is 5.75 Å². The standard InChI is InChI=1S/C24H30N2O5/c1-18(23(27)25-12-11-19-5-9-22(29-2)10-6-19)31-24(28)21-7-3-20(4-8-21)17-26-13-15-30-16-14-26/h3-10,18H,11-17H2,1-2H3,(H,25,27)/t18-/m1/s1. The molecule has 1 aliphatic rings. The van der Waals surface area contributed by atoms with E-state index < -0.39 is 12.1 Å². The van der Waals surface area contributed by atoms with Crippen molar-refractivity contribution in [3.05, 3.63) is 65.2 Å². The predicted molar refractivity (Wildman–Crippen MR) is 117 cm³/mol. The van der Waals surface area contributed by atoms with Crippen molar-refractivity contribution in [1.29, 1.82) is 0 Å². The lowest BCUT2D eigenvalue weighted by Gasteiger charge is -2.26. The molecule has 0 bridgehead atoms. The van der Waals surface area contributed by atoms with Crippen molar-refractivity contribution in [3.63, 3.8) is 0 Å². The number of rotatable bonds is 9. The molecule has 7 nitrogen and oxygen atoms in total. The Kier molecular flexibility index (Phi) is 8.44. The lowest BCUT2D eigenvalue weighted by atomic mass is 10.1. The summed E-state index contributed by atoms with van der Waals surface area (Å²) >= 11 is 0. The highest BCUT2D eigenvalue weighted by Gasteiger charge is 2.19. The van der Waals surface area contributed by atoms with Gasteiger partial charge in [0.25, 0.3) is 5.91 Å². The van der Waals surface area contributed by atoms with E-state index in [1.807, 2.05) is 36.4 Å². The van der Waals surface area contributed by atoms with Crippen LogP contribution in [0.15, 0.2) is 48.5 Å². The van der Waals surface area contributed by atoms with E-state index in [0.717, 1.165) is 49.7 Å². The first-order chi connectivity index (χ1) is 15.0. The third kappa shape index (κ3) is 7.08. The zero-order valence-corrected chi connectivity index (χ0v) is 18.1. The van der Waals surface area contributed by atoms with Crippen molar-refractivity contribution in [2.45, 2.75) is 26.0 Å². The maximum atomic E-state index is 12.4. The highest BCUT2D eigenvalue weighted by Crippen LogP contribution is 2.12. The average Bonchev–Trinajstić information content (AvgIpc) is 2.80. The van der Waals surface area contributed by atoms with E-state index in [2.05, 4.69) is 10.2 Å². The molecule has 2 aromatic carbocycles. The predicted octanol–water partition coefficient (Wildman–Crippen LogP) is 2.43. The number of amides is 1. The van der Waals surface area contributed by atoms with Gasteiger partial charge in [-0.25, -0.2) is 4.79 Å². The van der Waals surface area contributed by atoms with E-state index >= 15 is 0 Å². The monoisotopic (exact) mass is 426 g/mol. The van der Waals surface area contributed by atoms with Gasteiger partial charge in [0.2, 0.25) is 0 Å². The SMILES string of the molecule is COc1ccc(CCNC(=O)[C@@H](C)OC(=O)c2ccc(CN3CCOCC3)cc2)cc1. The molecule has 3 rings (SSSR count). The Hall–Kier alpha value is -2.90. The van der Waals surface area contributed by atoms with Crippen LogP contribution in [0.25, 0.3) is 0 Å². The number of esters is 1. The highest BCUT2D eigenvalue weighted by molar-refractivity contribution is 5.92. The summed E-state index contributed by atoms with van der Waals surface area (Å²) in [5.41, 5.74) is 2.65. The first kappa shape index (κ1) is 22.8. The number of hydrogen-bond donors (Lipinski definition) is 1. The van der Waals surface area contributed by atoms with Gasteiger partial charge in [-0.05, 0) is 48.7 Å². The van der Waals surface area contributed by atoms with Crippen LogP contribution in [0.2, 0.25) is 0 Å². The van der Waals surface area contributed by atoms with Crippen molar-refractivity contribution in [2.24, 2.45) is 0 Å². The van der Waals surface area contributed by atoms with Crippen molar-refractivity contribution in [1.82, 2.24) is 10.2 Å². The number of benzene rings is 2. The third-order valence-electron chi connectivity index (χ3n) is 5.22. The minimum Gasteiger partial charge on any atom is -0.497 e. The van der Waals surface area contributed by atoms with Crippen LogP contribution in [0.4, 0.5) is 0 Å². The molecule has 1 heterocycles. The molecule has 7 heteroatoms. The molecule has 0 aliphatic carbocycles. The Morgan fingerprint density at radius 2 is 1.68 bits per heavy atom. The summed E-state index contributed by atoms with van der Waals surface area (Å²) in [4.78, 5) is 26.9. The molecule has 0 unspecified atom stereocenters. The topological polar surface area (TPSA) is 77.1 Å². The summed E-state index contributed by atoms with van der Waals surface area (Å²) in [7, 11) is 1.62. The molecule has 166 valence electrons. The van der Waals surface area contributed by atoms with E-state index in [-0.39, 0.29) is 5.91 Å². The zero-order valence-electron chi connectivity index (χ0n) is 18.1. The van der Waals surface area contributed by atoms with Gasteiger partial charge in [-0.1, -0.05) is 24.3 Å². The number of nitrogens with one attached hydrogen (secondary N) is 1. The molecule has 1 saturated heterocycles. The molecule has 0 radical (unpaired) electrons. The number of carbonyl (C=O) groups excluding carboxylic acids is 2. The molecule has 1 N–H and O–H groups in total. The van der Waals surface area contributed by atoms with Gasteiger partial charge >= 0.3 is 5.97 Å². The van der Waals surface area contributed by atoms with Crippen LogP contribution in [0.1, 0.15) is 28.4 Å². The van der Waals surface area contributed by atoms with Crippen molar-refractivity contribution in [2.75, 3.05) is 40.0 Å². The number of methoxy groups -OCH3 is 1. The van der Waals surface area contributed by atoms with Gasteiger partial charge in [0, 0.05) is 26.2 Å². The third-order valence-corrected chi connectivity index (χ3v) is 5.22. The van der Waals surface area contributed by atoms with E-state index in [1.54, 1.807) is 26.2 Å². The number of carbonyl (C=O) groups is 2. The van der Waals surface area contributed by atoms with Crippen LogP contribution >= 0.6 is 0 Å². The molecule has 0 spiro atoms. The zero-order chi connectivity index (χ0) is 22.1. The first-order valence-electron chi connectivity index (χ1n) is 10.6. The number of hydrogen-bond acceptors (Lipinski definition) is 6. The summed E-state index contributed by atoms with van der Waals surface area (Å²) in [6.07, 6.45) is -0.183. The molecule has 1 atom stereocenters. The van der Waals surface area contributed by atoms with Crippen molar-refractivity contribution in [3.8, 4) is 5.75 Å². The van der Waals surface area contributed by atoms with Crippen LogP contribution in [-0.4, -0.2) is 62.8 Å². The number of morpholine rings is 1. The Labute approximate surface area is 183 Å². The fourth-order valence-electron chi connectivity index (χ4n) is 3.31. The molecule has 2 aromatic rings. The Bertz CT molecular complexity index is 845. The maximum absolute atomic E-state index is 12.4. The molecule has 1 amide bonds. The van der Waals surface area contributed by atoms with Gasteiger partial charge in [-0.2, -0.15) is 0 Å². The summed E-state index contributed by atoms with van der Waals surface area (Å²) in [6.45, 7) is 6.20. The lowest BCUT2D eigenvalue weighted by molar-refractivity contribution is -0.129. The molecular weight excluding hydrogens is 396 g/mol. The lowest BCUT2D eigenvalue weighted by Crippen LogP contribution is -2.37. The molecular formula is C24H30N2O5. The maximum Gasteiger partial charge on any atom is 0.338 e. The van der Waals surface area contributed by atoms with E-state index in [9.17, 15) is 9.59 Å². The minimum absolute atomic E-state index is 0.314. The van der Waals surface area contributed by atoms with Crippen molar-refractivity contribution >= 4 is 11.9 Å². The largest absolute Gasteiger partial charge is 0.497 e. The van der Waals surface area contributed by atoms with Crippen LogP contribution in [0.5, 0.6) is 5.75 Å². The Morgan fingerprint density at radius 3 is 2.32 bits per heavy atom. The highest BCUT2D eigenvalue weighted by atomic mass is 16.5. The molecule has 0 aromatic heterocycles. The van der Waals surface area contributed by atoms with Gasteiger partial charge in [-0.3, -0.25) is 9.69 Å². The average molecular weight is 427 g/mol. The number of nitrogens with zero attached hydrogens (tertiary/aromatic N) is 1. The second kappa shape index (κ2) is 11.5. The minimum atomic E-state index is -0.864. The fourth-order valence-corrected chi connectivity index (χ4v) is 3.31. The van der Waals surface area contributed by atoms with Gasteiger partial charge in [0.15, 0.2) is 6.10 Å². The molecule has 0 saturated carbocycles. The fraction of sp³-hybridized carbons (Fsp3) is 0.417. The van der Waals surface area contributed by atoms with Crippen molar-refractivity contribution < 1.29 is 23.8 Å². The van der Waals surface area contributed by atoms with Crippen LogP contribution in [-0.2, 0) is 27.2 Å². The summed E-state index contributed by atoms with van der Waals surface area (Å²) < 4.78 is 15.8.